The molecule has 0 saturated heterocycles. The molecular formula is C25H18O3. The van der Waals surface area contributed by atoms with E-state index in [2.05, 4.69) is 0 Å². The minimum atomic E-state index is -0.318. The van der Waals surface area contributed by atoms with Crippen LogP contribution < -0.4 is 0 Å². The van der Waals surface area contributed by atoms with Crippen molar-refractivity contribution in [3.8, 4) is 0 Å². The lowest BCUT2D eigenvalue weighted by Crippen LogP contribution is -2.15. The first-order valence-corrected chi connectivity index (χ1v) is 9.41. The lowest BCUT2D eigenvalue weighted by Gasteiger charge is -2.18. The average molecular weight is 366 g/mol. The highest BCUT2D eigenvalue weighted by molar-refractivity contribution is 6.21. The molecule has 1 atom stereocenters. The Morgan fingerprint density at radius 3 is 2.36 bits per heavy atom. The summed E-state index contributed by atoms with van der Waals surface area (Å²) < 4.78 is 6.12. The molecule has 3 aromatic rings. The number of rotatable bonds is 3. The lowest BCUT2D eigenvalue weighted by molar-refractivity contribution is 0.0973. The van der Waals surface area contributed by atoms with E-state index in [1.165, 1.54) is 0 Å². The van der Waals surface area contributed by atoms with Gasteiger partial charge in [0.15, 0.2) is 11.6 Å². The molecule has 136 valence electrons. The Hall–Kier alpha value is -3.46. The maximum atomic E-state index is 13.3. The molecule has 1 aliphatic heterocycles. The molecule has 0 spiro atoms. The third-order valence-corrected chi connectivity index (χ3v) is 5.54. The summed E-state index contributed by atoms with van der Waals surface area (Å²) in [5.74, 6) is 0.301. The predicted molar refractivity (Wildman–Crippen MR) is 107 cm³/mol. The van der Waals surface area contributed by atoms with Gasteiger partial charge in [-0.25, -0.2) is 0 Å². The highest BCUT2D eigenvalue weighted by atomic mass is 16.5. The van der Waals surface area contributed by atoms with Crippen molar-refractivity contribution < 1.29 is 14.3 Å². The van der Waals surface area contributed by atoms with Gasteiger partial charge in [-0.3, -0.25) is 9.59 Å². The van der Waals surface area contributed by atoms with Gasteiger partial charge in [0.2, 0.25) is 0 Å². The van der Waals surface area contributed by atoms with E-state index < -0.39 is 0 Å². The summed E-state index contributed by atoms with van der Waals surface area (Å²) in [4.78, 5) is 26.3. The van der Waals surface area contributed by atoms with Gasteiger partial charge in [0, 0.05) is 29.0 Å². The number of hydrogen-bond donors (Lipinski definition) is 0. The minimum Gasteiger partial charge on any atom is -0.488 e. The van der Waals surface area contributed by atoms with Gasteiger partial charge in [-0.15, -0.1) is 0 Å². The van der Waals surface area contributed by atoms with Gasteiger partial charge in [-0.2, -0.15) is 0 Å². The summed E-state index contributed by atoms with van der Waals surface area (Å²) in [7, 11) is 0. The summed E-state index contributed by atoms with van der Waals surface area (Å²) in [6.07, 6.45) is 0.239. The van der Waals surface area contributed by atoms with Gasteiger partial charge >= 0.3 is 0 Å². The predicted octanol–water partition coefficient (Wildman–Crippen LogP) is 5.18. The van der Waals surface area contributed by atoms with Crippen molar-refractivity contribution >= 4 is 17.3 Å². The van der Waals surface area contributed by atoms with Crippen molar-refractivity contribution in [3.05, 3.63) is 112 Å². The quantitative estimate of drug-likeness (QED) is 0.600. The van der Waals surface area contributed by atoms with Gasteiger partial charge in [0.25, 0.3) is 0 Å². The van der Waals surface area contributed by atoms with E-state index in [4.69, 9.17) is 4.74 Å². The summed E-state index contributed by atoms with van der Waals surface area (Å²) in [5, 5.41) is 0. The van der Waals surface area contributed by atoms with Crippen molar-refractivity contribution in [2.24, 2.45) is 0 Å². The monoisotopic (exact) mass is 366 g/mol. The highest BCUT2D eigenvalue weighted by Gasteiger charge is 2.39. The van der Waals surface area contributed by atoms with E-state index in [0.717, 1.165) is 16.7 Å². The van der Waals surface area contributed by atoms with Crippen LogP contribution in [-0.2, 0) is 11.3 Å². The number of allylic oxidation sites excluding steroid dienone is 1. The Kier molecular flexibility index (Phi) is 3.94. The number of Topliss-reactive ketones (excluding diaryl/α,β-unsaturated/α-hetero) is 2. The van der Waals surface area contributed by atoms with Crippen molar-refractivity contribution in [2.45, 2.75) is 18.9 Å². The number of ether oxygens (including phenoxy) is 1. The Morgan fingerprint density at radius 1 is 0.857 bits per heavy atom. The summed E-state index contributed by atoms with van der Waals surface area (Å²) >= 11 is 0. The van der Waals surface area contributed by atoms with Crippen LogP contribution in [0.1, 0.15) is 49.7 Å². The highest BCUT2D eigenvalue weighted by Crippen LogP contribution is 2.46. The zero-order chi connectivity index (χ0) is 19.1. The van der Waals surface area contributed by atoms with Crippen LogP contribution in [0.15, 0.2) is 84.4 Å². The summed E-state index contributed by atoms with van der Waals surface area (Å²) in [5.41, 5.74) is 4.77. The second-order valence-electron chi connectivity index (χ2n) is 7.15. The summed E-state index contributed by atoms with van der Waals surface area (Å²) in [6.45, 7) is 0.395. The topological polar surface area (TPSA) is 43.4 Å². The van der Waals surface area contributed by atoms with E-state index in [1.54, 1.807) is 0 Å². The van der Waals surface area contributed by atoms with E-state index in [1.807, 2.05) is 78.9 Å². The number of fused-ring (bicyclic) bond motifs is 3. The van der Waals surface area contributed by atoms with Crippen LogP contribution in [0.5, 0.6) is 0 Å². The molecule has 0 saturated carbocycles. The average Bonchev–Trinajstić information content (AvgIpc) is 2.92. The van der Waals surface area contributed by atoms with Crippen LogP contribution in [-0.4, -0.2) is 11.6 Å². The van der Waals surface area contributed by atoms with Crippen molar-refractivity contribution in [2.75, 3.05) is 0 Å². The Morgan fingerprint density at radius 2 is 1.54 bits per heavy atom. The van der Waals surface area contributed by atoms with Crippen LogP contribution in [0, 0.1) is 0 Å². The fraction of sp³-hybridized carbons (Fsp3) is 0.120. The maximum Gasteiger partial charge on any atom is 0.194 e. The van der Waals surface area contributed by atoms with Crippen molar-refractivity contribution in [3.63, 3.8) is 0 Å². The number of ketones is 2. The Labute approximate surface area is 163 Å². The Bertz CT molecular complexity index is 1130. The molecule has 2 aliphatic rings. The smallest absolute Gasteiger partial charge is 0.194 e. The maximum absolute atomic E-state index is 13.3. The third-order valence-electron chi connectivity index (χ3n) is 5.54. The van der Waals surface area contributed by atoms with Crippen molar-refractivity contribution in [1.82, 2.24) is 0 Å². The van der Waals surface area contributed by atoms with Crippen LogP contribution in [0.25, 0.3) is 5.76 Å². The molecule has 28 heavy (non-hydrogen) atoms. The van der Waals surface area contributed by atoms with Crippen LogP contribution in [0.3, 0.4) is 0 Å². The number of hydrogen-bond acceptors (Lipinski definition) is 3. The van der Waals surface area contributed by atoms with E-state index in [9.17, 15) is 9.59 Å². The normalized spacial score (nSPS) is 17.3. The fourth-order valence-corrected chi connectivity index (χ4v) is 4.19. The number of benzene rings is 3. The second kappa shape index (κ2) is 6.61. The Balaban J connectivity index is 1.64. The zero-order valence-corrected chi connectivity index (χ0v) is 15.2. The van der Waals surface area contributed by atoms with E-state index >= 15 is 0 Å². The zero-order valence-electron chi connectivity index (χ0n) is 15.2. The third kappa shape index (κ3) is 2.59. The minimum absolute atomic E-state index is 0.0258. The van der Waals surface area contributed by atoms with Crippen LogP contribution in [0.4, 0.5) is 0 Å². The first-order valence-electron chi connectivity index (χ1n) is 9.41. The molecular weight excluding hydrogens is 348 g/mol. The standard InChI is InChI=1S/C25H18O3/c26-22(16-8-2-1-3-9-16)14-21-18-11-5-4-10-17(18)15-28-25-20-13-7-6-12-19(20)24(27)23(21)25/h1-13,21H,14-15H2. The molecule has 5 rings (SSSR count). The molecule has 1 heterocycles. The van der Waals surface area contributed by atoms with E-state index in [0.29, 0.717) is 29.1 Å². The molecule has 0 radical (unpaired) electrons. The molecule has 0 N–H and O–H groups in total. The number of carbonyl (C=O) groups is 2. The largest absolute Gasteiger partial charge is 0.488 e. The first kappa shape index (κ1) is 16.7. The van der Waals surface area contributed by atoms with Gasteiger partial charge < -0.3 is 4.74 Å². The molecule has 3 aromatic carbocycles. The van der Waals surface area contributed by atoms with Crippen LogP contribution in [0.2, 0.25) is 0 Å². The number of carbonyl (C=O) groups excluding carboxylic acids is 2. The first-order chi connectivity index (χ1) is 13.7. The molecule has 0 aromatic heterocycles. The van der Waals surface area contributed by atoms with Gasteiger partial charge in [-0.05, 0) is 11.1 Å². The van der Waals surface area contributed by atoms with Gasteiger partial charge in [-0.1, -0.05) is 78.9 Å². The molecule has 3 nitrogen and oxygen atoms in total. The molecule has 3 heteroatoms. The molecule has 0 amide bonds. The lowest BCUT2D eigenvalue weighted by atomic mass is 9.82. The molecule has 1 aliphatic carbocycles. The molecule has 0 bridgehead atoms. The van der Waals surface area contributed by atoms with Crippen LogP contribution >= 0.6 is 0 Å². The summed E-state index contributed by atoms with van der Waals surface area (Å²) in [6, 6.07) is 24.7. The second-order valence-corrected chi connectivity index (χ2v) is 7.15. The van der Waals surface area contributed by atoms with E-state index in [-0.39, 0.29) is 23.9 Å². The molecule has 1 unspecified atom stereocenters. The van der Waals surface area contributed by atoms with Gasteiger partial charge in [0.05, 0.1) is 5.57 Å². The fourth-order valence-electron chi connectivity index (χ4n) is 4.19. The SMILES string of the molecule is O=C(CC1C2=C(OCc3ccccc31)c1ccccc1C2=O)c1ccccc1. The van der Waals surface area contributed by atoms with Crippen molar-refractivity contribution in [1.29, 1.82) is 0 Å². The molecule has 0 fully saturated rings. The van der Waals surface area contributed by atoms with Gasteiger partial charge in [0.1, 0.15) is 12.4 Å².